The van der Waals surface area contributed by atoms with Crippen molar-refractivity contribution in [3.63, 3.8) is 0 Å². The van der Waals surface area contributed by atoms with E-state index in [0.29, 0.717) is 0 Å². The van der Waals surface area contributed by atoms with Crippen molar-refractivity contribution in [2.45, 2.75) is 17.9 Å². The molecule has 12 heavy (non-hydrogen) atoms. The summed E-state index contributed by atoms with van der Waals surface area (Å²) in [5, 5.41) is 0. The number of hydrogen-bond acceptors (Lipinski definition) is 0. The highest BCUT2D eigenvalue weighted by Gasteiger charge is 2.70. The van der Waals surface area contributed by atoms with Gasteiger partial charge in [0.25, 0.3) is 0 Å². The van der Waals surface area contributed by atoms with E-state index in [4.69, 9.17) is 5.73 Å². The minimum Gasteiger partial charge on any atom is -0.244 e. The summed E-state index contributed by atoms with van der Waals surface area (Å²) in [6, 6.07) is -5.69. The maximum atomic E-state index is 11.8. The molecule has 0 aromatic rings. The topological polar surface area (TPSA) is 23.8 Å². The molecule has 8 heteroatoms. The number of nitrogens with one attached hydrogen (secondary N) is 1. The Labute approximate surface area is 62.3 Å². The Morgan fingerprint density at radius 1 is 0.917 bits per heavy atom. The van der Waals surface area contributed by atoms with Gasteiger partial charge in [-0.1, -0.05) is 0 Å². The van der Waals surface area contributed by atoms with Gasteiger partial charge in [-0.15, -0.1) is 0 Å². The van der Waals surface area contributed by atoms with Crippen LogP contribution in [0, 0.1) is 0 Å². The lowest BCUT2D eigenvalue weighted by atomic mass is 10.1. The van der Waals surface area contributed by atoms with Crippen LogP contribution in [-0.2, 0) is 0 Å². The lowest BCUT2D eigenvalue weighted by Gasteiger charge is -2.27. The molecule has 0 aromatic heterocycles. The first kappa shape index (κ1) is 11.5. The van der Waals surface area contributed by atoms with Crippen LogP contribution in [0.1, 0.15) is 0 Å². The number of alkyl halides is 7. The largest absolute Gasteiger partial charge is 0.390 e. The molecule has 0 fully saturated rings. The normalized spacial score (nSPS) is 15.0. The Morgan fingerprint density at radius 3 is 1.33 bits per heavy atom. The fourth-order valence-corrected chi connectivity index (χ4v) is 0.314. The van der Waals surface area contributed by atoms with Crippen LogP contribution >= 0.6 is 0 Å². The van der Waals surface area contributed by atoms with Gasteiger partial charge < -0.3 is 0 Å². The molecule has 0 spiro atoms. The Balaban J connectivity index is 4.85. The summed E-state index contributed by atoms with van der Waals surface area (Å²) < 4.78 is 81.0. The predicted octanol–water partition coefficient (Wildman–Crippen LogP) is 2.10. The third-order valence-electron chi connectivity index (χ3n) is 1.02. The van der Waals surface area contributed by atoms with E-state index >= 15 is 0 Å². The molecule has 0 atom stereocenters. The van der Waals surface area contributed by atoms with Crippen LogP contribution < -0.4 is 5.73 Å². The zero-order valence-corrected chi connectivity index (χ0v) is 5.35. The molecule has 0 heterocycles. The fourth-order valence-electron chi connectivity index (χ4n) is 0.314. The summed E-state index contributed by atoms with van der Waals surface area (Å²) in [5.41, 5.74) is 5.36. The molecule has 0 aliphatic rings. The molecule has 0 amide bonds. The average molecular weight is 198 g/mol. The second-order valence-corrected chi connectivity index (χ2v) is 1.99. The lowest BCUT2D eigenvalue weighted by molar-refractivity contribution is -0.312. The van der Waals surface area contributed by atoms with Crippen molar-refractivity contribution in [1.82, 2.24) is 5.73 Å². The van der Waals surface area contributed by atoms with E-state index in [2.05, 4.69) is 0 Å². The number of rotatable bonds is 3. The monoisotopic (exact) mass is 198 g/mol. The molecule has 0 aromatic carbocycles. The van der Waals surface area contributed by atoms with Gasteiger partial charge >= 0.3 is 17.9 Å². The van der Waals surface area contributed by atoms with Gasteiger partial charge in [-0.05, 0) is 0 Å². The van der Waals surface area contributed by atoms with Crippen LogP contribution in [0.3, 0.4) is 0 Å². The summed E-state index contributed by atoms with van der Waals surface area (Å²) in [6.45, 7) is -2.94. The van der Waals surface area contributed by atoms with Crippen molar-refractivity contribution in [2.75, 3.05) is 6.67 Å². The van der Waals surface area contributed by atoms with Gasteiger partial charge in [-0.25, -0.2) is 4.39 Å². The first-order valence-electron chi connectivity index (χ1n) is 2.50. The van der Waals surface area contributed by atoms with E-state index in [1.165, 1.54) is 0 Å². The molecule has 0 bridgehead atoms. The van der Waals surface area contributed by atoms with Crippen LogP contribution in [0.2, 0.25) is 0 Å². The van der Waals surface area contributed by atoms with Gasteiger partial charge in [-0.2, -0.15) is 32.1 Å². The Hall–Kier alpha value is -0.530. The molecule has 1 N–H and O–H groups in total. The van der Waals surface area contributed by atoms with Gasteiger partial charge in [0, 0.05) is 0 Å². The Morgan fingerprint density at radius 2 is 1.25 bits per heavy atom. The SMILES string of the molecule is [NH]C(F)(F)C(F)(F)C(F)(F)CF. The summed E-state index contributed by atoms with van der Waals surface area (Å²) in [4.78, 5) is 0. The number of hydrogen-bond donors (Lipinski definition) is 0. The third kappa shape index (κ3) is 1.62. The van der Waals surface area contributed by atoms with E-state index in [1.54, 1.807) is 0 Å². The van der Waals surface area contributed by atoms with E-state index < -0.39 is 24.6 Å². The van der Waals surface area contributed by atoms with Crippen LogP contribution in [0.4, 0.5) is 30.7 Å². The molecule has 0 saturated carbocycles. The van der Waals surface area contributed by atoms with Crippen molar-refractivity contribution < 1.29 is 30.7 Å². The smallest absolute Gasteiger partial charge is 0.244 e. The van der Waals surface area contributed by atoms with Crippen molar-refractivity contribution in [2.24, 2.45) is 0 Å². The molecular formula is C4H3F7N. The maximum Gasteiger partial charge on any atom is 0.390 e. The quantitative estimate of drug-likeness (QED) is 0.489. The first-order chi connectivity index (χ1) is 5.06. The summed E-state index contributed by atoms with van der Waals surface area (Å²) in [7, 11) is 0. The molecule has 73 valence electrons. The van der Waals surface area contributed by atoms with Crippen molar-refractivity contribution in [1.29, 1.82) is 0 Å². The molecule has 1 radical (unpaired) electrons. The second kappa shape index (κ2) is 2.75. The van der Waals surface area contributed by atoms with Gasteiger partial charge in [0.1, 0.15) is 0 Å². The summed E-state index contributed by atoms with van der Waals surface area (Å²) in [5.74, 6) is -11.5. The van der Waals surface area contributed by atoms with Crippen molar-refractivity contribution in [3.8, 4) is 0 Å². The van der Waals surface area contributed by atoms with Crippen LogP contribution in [-0.4, -0.2) is 24.6 Å². The van der Waals surface area contributed by atoms with E-state index in [-0.39, 0.29) is 0 Å². The average Bonchev–Trinajstić information content (AvgIpc) is 1.85. The second-order valence-electron chi connectivity index (χ2n) is 1.99. The molecule has 0 unspecified atom stereocenters. The minimum absolute atomic E-state index is 2.94. The minimum atomic E-state index is -5.99. The fraction of sp³-hybridized carbons (Fsp3) is 1.00. The zero-order chi connectivity index (χ0) is 10.2. The van der Waals surface area contributed by atoms with Gasteiger partial charge in [0.15, 0.2) is 6.67 Å². The zero-order valence-electron chi connectivity index (χ0n) is 5.35. The summed E-state index contributed by atoms with van der Waals surface area (Å²) in [6.07, 6.45) is 0. The van der Waals surface area contributed by atoms with Gasteiger partial charge in [-0.3, -0.25) is 0 Å². The van der Waals surface area contributed by atoms with Crippen molar-refractivity contribution >= 4 is 0 Å². The highest BCUT2D eigenvalue weighted by atomic mass is 19.3. The third-order valence-corrected chi connectivity index (χ3v) is 1.02. The highest BCUT2D eigenvalue weighted by molar-refractivity contribution is 4.92. The van der Waals surface area contributed by atoms with Crippen LogP contribution in [0.5, 0.6) is 0 Å². The maximum absolute atomic E-state index is 11.8. The molecular weight excluding hydrogens is 195 g/mol. The predicted molar refractivity (Wildman–Crippen MR) is 23.9 cm³/mol. The highest BCUT2D eigenvalue weighted by Crippen LogP contribution is 2.43. The van der Waals surface area contributed by atoms with Crippen LogP contribution in [0.15, 0.2) is 0 Å². The van der Waals surface area contributed by atoms with E-state index in [9.17, 15) is 30.7 Å². The Bertz CT molecular complexity index is 159. The molecule has 0 aliphatic heterocycles. The Kier molecular flexibility index (Phi) is 2.63. The van der Waals surface area contributed by atoms with Crippen LogP contribution in [0.25, 0.3) is 0 Å². The number of halogens is 7. The summed E-state index contributed by atoms with van der Waals surface area (Å²) >= 11 is 0. The van der Waals surface area contributed by atoms with E-state index in [1.807, 2.05) is 0 Å². The molecule has 1 nitrogen and oxygen atoms in total. The van der Waals surface area contributed by atoms with E-state index in [0.717, 1.165) is 0 Å². The standard InChI is InChI=1S/C4H3F7N/c5-1-2(6,7)3(8,9)4(10,11)12/h12H,1H2. The molecule has 0 aliphatic carbocycles. The molecule has 0 saturated heterocycles. The van der Waals surface area contributed by atoms with Gasteiger partial charge in [0.2, 0.25) is 0 Å². The van der Waals surface area contributed by atoms with Gasteiger partial charge in [0.05, 0.1) is 0 Å². The lowest BCUT2D eigenvalue weighted by Crippen LogP contribution is -2.56. The first-order valence-corrected chi connectivity index (χ1v) is 2.50. The van der Waals surface area contributed by atoms with Crippen molar-refractivity contribution in [3.05, 3.63) is 0 Å². The molecule has 0 rings (SSSR count).